The Morgan fingerprint density at radius 3 is 2.71 bits per heavy atom. The van der Waals surface area contributed by atoms with Gasteiger partial charge in [0.25, 0.3) is 0 Å². The van der Waals surface area contributed by atoms with E-state index in [9.17, 15) is 14.3 Å². The van der Waals surface area contributed by atoms with Crippen molar-refractivity contribution in [2.75, 3.05) is 26.8 Å². The Morgan fingerprint density at radius 2 is 2.00 bits per heavy atom. The Labute approximate surface area is 236 Å². The Balaban J connectivity index is 1.15. The highest BCUT2D eigenvalue weighted by molar-refractivity contribution is 5.95. The van der Waals surface area contributed by atoms with Gasteiger partial charge in [-0.25, -0.2) is 14.2 Å². The van der Waals surface area contributed by atoms with Crippen LogP contribution in [0.25, 0.3) is 11.0 Å². The molecule has 2 aliphatic rings. The van der Waals surface area contributed by atoms with E-state index in [4.69, 9.17) is 24.5 Å². The van der Waals surface area contributed by atoms with Crippen molar-refractivity contribution in [1.29, 1.82) is 5.26 Å². The van der Waals surface area contributed by atoms with Gasteiger partial charge in [-0.3, -0.25) is 4.90 Å². The minimum atomic E-state index is -1.01. The van der Waals surface area contributed by atoms with Crippen molar-refractivity contribution >= 4 is 17.0 Å². The summed E-state index contributed by atoms with van der Waals surface area (Å²) in [6.07, 6.45) is 1.25. The number of aromatic nitrogens is 2. The fraction of sp³-hybridized carbons (Fsp3) is 0.323. The summed E-state index contributed by atoms with van der Waals surface area (Å²) in [5, 5.41) is 18.5. The number of nitriles is 1. The van der Waals surface area contributed by atoms with Crippen LogP contribution in [-0.4, -0.2) is 52.3 Å². The van der Waals surface area contributed by atoms with Gasteiger partial charge >= 0.3 is 5.97 Å². The van der Waals surface area contributed by atoms with Crippen LogP contribution in [0.5, 0.6) is 17.2 Å². The SMILES string of the molecule is COc1cc(C(=O)O)cc2c1nc(CN1CCC(c3cccc4c3OC[C@@H](c3ccc(C#N)cc3F)O4)CC1)n2C. The fourth-order valence-electron chi connectivity index (χ4n) is 5.79. The smallest absolute Gasteiger partial charge is 0.335 e. The maximum absolute atomic E-state index is 14.6. The number of benzene rings is 3. The number of hydrogen-bond acceptors (Lipinski definition) is 7. The van der Waals surface area contributed by atoms with E-state index < -0.39 is 17.9 Å². The number of ether oxygens (including phenoxy) is 3. The van der Waals surface area contributed by atoms with Crippen LogP contribution < -0.4 is 14.2 Å². The first-order valence-electron chi connectivity index (χ1n) is 13.5. The van der Waals surface area contributed by atoms with Gasteiger partial charge in [0.15, 0.2) is 17.6 Å². The van der Waals surface area contributed by atoms with E-state index in [2.05, 4.69) is 11.0 Å². The molecule has 9 nitrogen and oxygen atoms in total. The molecule has 3 aromatic carbocycles. The number of carbonyl (C=O) groups is 1. The van der Waals surface area contributed by atoms with Gasteiger partial charge < -0.3 is 23.9 Å². The number of likely N-dealkylation sites (tertiary alicyclic amines) is 1. The summed E-state index contributed by atoms with van der Waals surface area (Å²) in [6.45, 7) is 2.53. The van der Waals surface area contributed by atoms with E-state index in [1.165, 1.54) is 19.2 Å². The normalized spacial score (nSPS) is 17.4. The zero-order chi connectivity index (χ0) is 28.7. The molecule has 3 heterocycles. The van der Waals surface area contributed by atoms with Crippen LogP contribution in [0.2, 0.25) is 0 Å². The number of hydrogen-bond donors (Lipinski definition) is 1. The summed E-state index contributed by atoms with van der Waals surface area (Å²) < 4.78 is 34.3. The highest BCUT2D eigenvalue weighted by Gasteiger charge is 2.31. The first-order valence-corrected chi connectivity index (χ1v) is 13.5. The van der Waals surface area contributed by atoms with Gasteiger partial charge in [-0.1, -0.05) is 18.2 Å². The number of halogens is 1. The summed E-state index contributed by atoms with van der Waals surface area (Å²) >= 11 is 0. The second kappa shape index (κ2) is 10.7. The zero-order valence-corrected chi connectivity index (χ0v) is 22.8. The Bertz CT molecular complexity index is 1690. The molecule has 210 valence electrons. The molecule has 4 aromatic rings. The van der Waals surface area contributed by atoms with E-state index in [1.807, 2.05) is 29.8 Å². The Hall–Kier alpha value is -4.62. The Kier molecular flexibility index (Phi) is 6.97. The lowest BCUT2D eigenvalue weighted by molar-refractivity contribution is 0.0696. The van der Waals surface area contributed by atoms with Crippen molar-refractivity contribution < 1.29 is 28.5 Å². The first-order chi connectivity index (χ1) is 19.9. The monoisotopic (exact) mass is 556 g/mol. The van der Waals surface area contributed by atoms with Gasteiger partial charge in [-0.2, -0.15) is 5.26 Å². The summed E-state index contributed by atoms with van der Waals surface area (Å²) in [7, 11) is 3.41. The standard InChI is InChI=1S/C31H29FN4O5/c1-35-24-13-20(31(37)38)14-26(39-2)29(24)34-28(35)16-36-10-8-19(9-11-36)21-4-3-5-25-30(21)40-17-27(41-25)22-7-6-18(15-33)12-23(22)32/h3-7,12-14,19,27H,8-11,16-17H2,1-2H3,(H,37,38)/t27-/m0/s1. The van der Waals surface area contributed by atoms with Gasteiger partial charge in [-0.05, 0) is 62.2 Å². The topological polar surface area (TPSA) is 110 Å². The molecule has 0 radical (unpaired) electrons. The van der Waals surface area contributed by atoms with E-state index in [0.717, 1.165) is 42.8 Å². The van der Waals surface area contributed by atoms with Gasteiger partial charge in [0, 0.05) is 18.2 Å². The highest BCUT2D eigenvalue weighted by Crippen LogP contribution is 2.44. The van der Waals surface area contributed by atoms with Crippen LogP contribution in [0, 0.1) is 17.1 Å². The third-order valence-electron chi connectivity index (χ3n) is 8.04. The average molecular weight is 557 g/mol. The molecule has 1 atom stereocenters. The number of carboxylic acids is 1. The molecule has 1 aromatic heterocycles. The quantitative estimate of drug-likeness (QED) is 0.346. The number of piperidine rings is 1. The van der Waals surface area contributed by atoms with Gasteiger partial charge in [0.05, 0.1) is 36.4 Å². The predicted octanol–water partition coefficient (Wildman–Crippen LogP) is 5.18. The molecular weight excluding hydrogens is 527 g/mol. The molecule has 41 heavy (non-hydrogen) atoms. The second-order valence-corrected chi connectivity index (χ2v) is 10.4. The molecule has 10 heteroatoms. The summed E-state index contributed by atoms with van der Waals surface area (Å²) in [4.78, 5) is 18.7. The molecular formula is C31H29FN4O5. The van der Waals surface area contributed by atoms with Crippen molar-refractivity contribution in [3.8, 4) is 23.3 Å². The lowest BCUT2D eigenvalue weighted by Crippen LogP contribution is -2.33. The molecule has 2 aliphatic heterocycles. The first kappa shape index (κ1) is 26.6. The number of carboxylic acid groups (broad SMARTS) is 1. The largest absolute Gasteiger partial charge is 0.494 e. The van der Waals surface area contributed by atoms with Crippen LogP contribution in [0.15, 0.2) is 48.5 Å². The van der Waals surface area contributed by atoms with Crippen LogP contribution >= 0.6 is 0 Å². The zero-order valence-electron chi connectivity index (χ0n) is 22.8. The van der Waals surface area contributed by atoms with Crippen molar-refractivity contribution in [1.82, 2.24) is 14.5 Å². The van der Waals surface area contributed by atoms with Crippen LogP contribution in [0.3, 0.4) is 0 Å². The minimum absolute atomic E-state index is 0.162. The minimum Gasteiger partial charge on any atom is -0.494 e. The van der Waals surface area contributed by atoms with Crippen molar-refractivity contribution in [3.05, 3.63) is 82.4 Å². The number of aromatic carboxylic acids is 1. The maximum atomic E-state index is 14.6. The van der Waals surface area contributed by atoms with Gasteiger partial charge in [0.1, 0.15) is 29.5 Å². The van der Waals surface area contributed by atoms with Crippen molar-refractivity contribution in [2.45, 2.75) is 31.4 Å². The number of nitrogens with zero attached hydrogens (tertiary/aromatic N) is 4. The second-order valence-electron chi connectivity index (χ2n) is 10.4. The van der Waals surface area contributed by atoms with Crippen LogP contribution in [-0.2, 0) is 13.6 Å². The third kappa shape index (κ3) is 4.93. The predicted molar refractivity (Wildman–Crippen MR) is 148 cm³/mol. The number of methoxy groups -OCH3 is 1. The Morgan fingerprint density at radius 1 is 1.20 bits per heavy atom. The van der Waals surface area contributed by atoms with Crippen LogP contribution in [0.4, 0.5) is 4.39 Å². The number of rotatable bonds is 6. The number of aryl methyl sites for hydroxylation is 1. The molecule has 1 fully saturated rings. The fourth-order valence-corrected chi connectivity index (χ4v) is 5.79. The molecule has 1 saturated heterocycles. The van der Waals surface area contributed by atoms with E-state index in [1.54, 1.807) is 18.2 Å². The molecule has 0 unspecified atom stereocenters. The van der Waals surface area contributed by atoms with E-state index in [-0.39, 0.29) is 23.7 Å². The van der Waals surface area contributed by atoms with Crippen molar-refractivity contribution in [2.24, 2.45) is 7.05 Å². The van der Waals surface area contributed by atoms with E-state index >= 15 is 0 Å². The molecule has 0 spiro atoms. The van der Waals surface area contributed by atoms with Crippen LogP contribution in [0.1, 0.15) is 57.7 Å². The summed E-state index contributed by atoms with van der Waals surface area (Å²) in [5.41, 5.74) is 3.26. The van der Waals surface area contributed by atoms with E-state index in [0.29, 0.717) is 34.9 Å². The number of imidazole rings is 1. The number of para-hydroxylation sites is 1. The molecule has 0 bridgehead atoms. The van der Waals surface area contributed by atoms with Crippen molar-refractivity contribution in [3.63, 3.8) is 0 Å². The molecule has 0 aliphatic carbocycles. The lowest BCUT2D eigenvalue weighted by Gasteiger charge is -2.34. The number of fused-ring (bicyclic) bond motifs is 2. The molecule has 1 N–H and O–H groups in total. The summed E-state index contributed by atoms with van der Waals surface area (Å²) in [5.74, 6) is 1.39. The molecule has 0 amide bonds. The molecule has 6 rings (SSSR count). The van der Waals surface area contributed by atoms with Gasteiger partial charge in [-0.15, -0.1) is 0 Å². The molecule has 0 saturated carbocycles. The maximum Gasteiger partial charge on any atom is 0.335 e. The summed E-state index contributed by atoms with van der Waals surface area (Å²) in [6, 6.07) is 15.3. The van der Waals surface area contributed by atoms with Gasteiger partial charge in [0.2, 0.25) is 0 Å². The average Bonchev–Trinajstić information content (AvgIpc) is 3.31. The third-order valence-corrected chi connectivity index (χ3v) is 8.04. The highest BCUT2D eigenvalue weighted by atomic mass is 19.1. The lowest BCUT2D eigenvalue weighted by atomic mass is 9.88.